The maximum absolute atomic E-state index is 14.4. The molecule has 2 N–H and O–H groups in total. The minimum absolute atomic E-state index is 0.000174. The first-order valence-electron chi connectivity index (χ1n) is 8.00. The van der Waals surface area contributed by atoms with Crippen molar-refractivity contribution < 1.29 is 13.6 Å². The Morgan fingerprint density at radius 2 is 2.00 bits per heavy atom. The zero-order valence-electron chi connectivity index (χ0n) is 14.6. The van der Waals surface area contributed by atoms with Gasteiger partial charge in [0, 0.05) is 10.9 Å². The maximum Gasteiger partial charge on any atom is 0.213 e. The topological polar surface area (TPSA) is 83.6 Å². The van der Waals surface area contributed by atoms with Crippen molar-refractivity contribution in [1.29, 1.82) is 0 Å². The molecule has 0 spiro atoms. The number of halogens is 2. The van der Waals surface area contributed by atoms with E-state index in [1.54, 1.807) is 18.4 Å². The summed E-state index contributed by atoms with van der Waals surface area (Å²) in [6.07, 6.45) is 3.66. The Morgan fingerprint density at radius 1 is 1.22 bits per heavy atom. The average Bonchev–Trinajstić information content (AvgIpc) is 3.32. The highest BCUT2D eigenvalue weighted by molar-refractivity contribution is 7.98. The molecule has 10 heteroatoms. The lowest BCUT2D eigenvalue weighted by atomic mass is 10.1. The standard InChI is InChI=1S/C15H9F2N5OS2.C2H6/c1-24-13-9(6-4-19-22-12(6)10(16)11(13)17)7-2-3-8-14(20-7)25-15(21-8)18-5-23;1-2/h2-5H,1H3,(H,19,22)(H,18,21,23);1-2H3. The SMILES string of the molecule is CC.CSc1c(F)c(F)c2[nH]ncc2c1-c1ccc2nc(NC=O)sc2n1. The highest BCUT2D eigenvalue weighted by Crippen LogP contribution is 2.40. The number of carbonyl (C=O) groups excluding carboxylic acids is 1. The molecule has 0 radical (unpaired) electrons. The van der Waals surface area contributed by atoms with E-state index in [1.807, 2.05) is 13.8 Å². The summed E-state index contributed by atoms with van der Waals surface area (Å²) in [4.78, 5) is 20.0. The van der Waals surface area contributed by atoms with Gasteiger partial charge in [-0.3, -0.25) is 9.89 Å². The minimum atomic E-state index is -0.961. The molecule has 0 aliphatic carbocycles. The van der Waals surface area contributed by atoms with Crippen molar-refractivity contribution in [3.63, 3.8) is 0 Å². The van der Waals surface area contributed by atoms with Crippen LogP contribution in [0.2, 0.25) is 0 Å². The summed E-state index contributed by atoms with van der Waals surface area (Å²) in [5.41, 5.74) is 1.55. The number of rotatable bonds is 4. The number of hydrogen-bond acceptors (Lipinski definition) is 6. The van der Waals surface area contributed by atoms with Gasteiger partial charge in [0.2, 0.25) is 6.41 Å². The second-order valence-electron chi connectivity index (χ2n) is 5.00. The third-order valence-electron chi connectivity index (χ3n) is 3.65. The smallest absolute Gasteiger partial charge is 0.213 e. The summed E-state index contributed by atoms with van der Waals surface area (Å²) in [6.45, 7) is 4.00. The van der Waals surface area contributed by atoms with Crippen LogP contribution in [0, 0.1) is 11.6 Å². The summed E-state index contributed by atoms with van der Waals surface area (Å²) in [6, 6.07) is 3.41. The molecule has 140 valence electrons. The predicted octanol–water partition coefficient (Wildman–Crippen LogP) is 4.83. The van der Waals surface area contributed by atoms with Crippen LogP contribution in [-0.4, -0.2) is 32.8 Å². The van der Waals surface area contributed by atoms with E-state index in [-0.39, 0.29) is 10.4 Å². The van der Waals surface area contributed by atoms with Gasteiger partial charge >= 0.3 is 0 Å². The fraction of sp³-hybridized carbons (Fsp3) is 0.176. The van der Waals surface area contributed by atoms with Crippen molar-refractivity contribution in [2.75, 3.05) is 11.6 Å². The van der Waals surface area contributed by atoms with E-state index in [0.717, 1.165) is 11.8 Å². The summed E-state index contributed by atoms with van der Waals surface area (Å²) >= 11 is 2.30. The Balaban J connectivity index is 0.00000102. The number of pyridine rings is 1. The number of hydrogen-bond donors (Lipinski definition) is 2. The number of thiazole rings is 1. The van der Waals surface area contributed by atoms with E-state index >= 15 is 0 Å². The van der Waals surface area contributed by atoms with Gasteiger partial charge in [-0.25, -0.2) is 18.7 Å². The van der Waals surface area contributed by atoms with Crippen molar-refractivity contribution in [2.45, 2.75) is 18.7 Å². The van der Waals surface area contributed by atoms with Gasteiger partial charge in [-0.05, 0) is 18.4 Å². The molecule has 1 aromatic carbocycles. The lowest BCUT2D eigenvalue weighted by molar-refractivity contribution is -0.105. The van der Waals surface area contributed by atoms with Crippen LogP contribution in [-0.2, 0) is 4.79 Å². The van der Waals surface area contributed by atoms with Crippen LogP contribution in [0.1, 0.15) is 13.8 Å². The molecule has 0 saturated heterocycles. The molecule has 0 bridgehead atoms. The third kappa shape index (κ3) is 3.26. The third-order valence-corrected chi connectivity index (χ3v) is 5.33. The van der Waals surface area contributed by atoms with E-state index in [9.17, 15) is 13.6 Å². The van der Waals surface area contributed by atoms with Crippen LogP contribution in [0.3, 0.4) is 0 Å². The monoisotopic (exact) mass is 407 g/mol. The quantitative estimate of drug-likeness (QED) is 0.374. The molecule has 3 heterocycles. The van der Waals surface area contributed by atoms with Crippen LogP contribution in [0.4, 0.5) is 13.9 Å². The number of benzene rings is 1. The van der Waals surface area contributed by atoms with Gasteiger partial charge in [-0.2, -0.15) is 5.10 Å². The molecule has 3 aromatic heterocycles. The molecule has 27 heavy (non-hydrogen) atoms. The van der Waals surface area contributed by atoms with Crippen molar-refractivity contribution in [3.05, 3.63) is 30.0 Å². The van der Waals surface area contributed by atoms with Gasteiger partial charge in [0.15, 0.2) is 16.8 Å². The molecule has 0 saturated carbocycles. The molecule has 1 amide bonds. The molecular formula is C17H15F2N5OS2. The van der Waals surface area contributed by atoms with Crippen LogP contribution >= 0.6 is 23.1 Å². The van der Waals surface area contributed by atoms with Gasteiger partial charge in [-0.1, -0.05) is 25.2 Å². The number of carbonyl (C=O) groups is 1. The van der Waals surface area contributed by atoms with Crippen LogP contribution in [0.15, 0.2) is 23.2 Å². The second kappa shape index (κ2) is 7.97. The van der Waals surface area contributed by atoms with E-state index in [2.05, 4.69) is 25.5 Å². The largest absolute Gasteiger partial charge is 0.305 e. The highest BCUT2D eigenvalue weighted by atomic mass is 32.2. The number of anilines is 1. The van der Waals surface area contributed by atoms with Crippen LogP contribution in [0.5, 0.6) is 0 Å². The normalized spacial score (nSPS) is 10.7. The van der Waals surface area contributed by atoms with E-state index < -0.39 is 11.6 Å². The fourth-order valence-corrected chi connectivity index (χ4v) is 4.08. The number of nitrogens with one attached hydrogen (secondary N) is 2. The molecule has 4 aromatic rings. The van der Waals surface area contributed by atoms with Gasteiger partial charge in [0.1, 0.15) is 15.9 Å². The highest BCUT2D eigenvalue weighted by Gasteiger charge is 2.23. The lowest BCUT2D eigenvalue weighted by Crippen LogP contribution is -1.96. The molecule has 6 nitrogen and oxygen atoms in total. The molecule has 4 rings (SSSR count). The molecule has 0 atom stereocenters. The number of aromatic nitrogens is 4. The number of aromatic amines is 1. The summed E-state index contributed by atoms with van der Waals surface area (Å²) in [7, 11) is 0. The second-order valence-corrected chi connectivity index (χ2v) is 6.79. The zero-order valence-corrected chi connectivity index (χ0v) is 16.3. The van der Waals surface area contributed by atoms with Gasteiger partial charge in [-0.15, -0.1) is 11.8 Å². The van der Waals surface area contributed by atoms with E-state index in [4.69, 9.17) is 0 Å². The predicted molar refractivity (Wildman–Crippen MR) is 105 cm³/mol. The number of nitrogens with zero attached hydrogens (tertiary/aromatic N) is 3. The zero-order chi connectivity index (χ0) is 19.6. The van der Waals surface area contributed by atoms with Crippen molar-refractivity contribution >= 4 is 55.9 Å². The van der Waals surface area contributed by atoms with Crippen molar-refractivity contribution in [3.8, 4) is 11.3 Å². The van der Waals surface area contributed by atoms with Crippen LogP contribution in [0.25, 0.3) is 32.5 Å². The lowest BCUT2D eigenvalue weighted by Gasteiger charge is -2.10. The molecule has 0 unspecified atom stereocenters. The Bertz CT molecular complexity index is 1130. The van der Waals surface area contributed by atoms with E-state index in [1.165, 1.54) is 17.5 Å². The van der Waals surface area contributed by atoms with Gasteiger partial charge < -0.3 is 5.32 Å². The summed E-state index contributed by atoms with van der Waals surface area (Å²) in [5, 5.41) is 9.66. The minimum Gasteiger partial charge on any atom is -0.305 e. The molecular weight excluding hydrogens is 392 g/mol. The average molecular weight is 407 g/mol. The van der Waals surface area contributed by atoms with E-state index in [0.29, 0.717) is 38.5 Å². The first kappa shape index (κ1) is 19.2. The number of H-pyrrole nitrogens is 1. The number of amides is 1. The molecule has 0 aliphatic rings. The Hall–Kier alpha value is -2.59. The number of fused-ring (bicyclic) bond motifs is 2. The van der Waals surface area contributed by atoms with Crippen molar-refractivity contribution in [2.24, 2.45) is 0 Å². The summed E-state index contributed by atoms with van der Waals surface area (Å²) in [5.74, 6) is -1.90. The Kier molecular flexibility index (Phi) is 5.66. The first-order valence-corrected chi connectivity index (χ1v) is 10.0. The fourth-order valence-electron chi connectivity index (χ4n) is 2.60. The molecule has 0 aliphatic heterocycles. The number of thioether (sulfide) groups is 1. The summed E-state index contributed by atoms with van der Waals surface area (Å²) < 4.78 is 28.6. The van der Waals surface area contributed by atoms with Crippen molar-refractivity contribution in [1.82, 2.24) is 20.2 Å². The Morgan fingerprint density at radius 3 is 2.70 bits per heavy atom. The van der Waals surface area contributed by atoms with Crippen LogP contribution < -0.4 is 5.32 Å². The molecule has 0 fully saturated rings. The first-order chi connectivity index (χ1) is 13.1. The van der Waals surface area contributed by atoms with Gasteiger partial charge in [0.25, 0.3) is 0 Å². The maximum atomic E-state index is 14.4. The van der Waals surface area contributed by atoms with Gasteiger partial charge in [0.05, 0.1) is 16.8 Å². The Labute approximate surface area is 161 Å².